The van der Waals surface area contributed by atoms with Crippen molar-refractivity contribution in [2.24, 2.45) is 29.1 Å². The summed E-state index contributed by atoms with van der Waals surface area (Å²) < 4.78 is 5.67. The van der Waals surface area contributed by atoms with Crippen LogP contribution in [0.2, 0.25) is 0 Å². The highest BCUT2D eigenvalue weighted by atomic mass is 16.5. The molecule has 0 spiro atoms. The molecule has 3 heteroatoms. The largest absolute Gasteiger partial charge is 0.463 e. The van der Waals surface area contributed by atoms with Gasteiger partial charge in [-0.2, -0.15) is 0 Å². The van der Waals surface area contributed by atoms with Gasteiger partial charge in [-0.25, -0.2) is 0 Å². The number of esters is 1. The number of ether oxygens (including phenoxy) is 1. The number of fused-ring (bicyclic) bond motifs is 9. The minimum absolute atomic E-state index is 0.107. The maximum atomic E-state index is 11.6. The molecule has 3 nitrogen and oxygen atoms in total. The second-order valence-electron chi connectivity index (χ2n) is 13.8. The summed E-state index contributed by atoms with van der Waals surface area (Å²) in [6.45, 7) is 13.7. The normalized spacial score (nSPS) is 39.2. The van der Waals surface area contributed by atoms with Crippen LogP contribution in [-0.4, -0.2) is 17.1 Å². The van der Waals surface area contributed by atoms with Gasteiger partial charge in [0.25, 0.3) is 0 Å². The van der Waals surface area contributed by atoms with Gasteiger partial charge in [0.15, 0.2) is 0 Å². The summed E-state index contributed by atoms with van der Waals surface area (Å²) in [6, 6.07) is 7.13. The summed E-state index contributed by atoms with van der Waals surface area (Å²) in [5, 5.41) is 1.48. The number of aromatic nitrogens is 1. The highest BCUT2D eigenvalue weighted by Gasteiger charge is 2.60. The molecule has 0 aliphatic heterocycles. The molecule has 0 bridgehead atoms. The molecule has 4 aliphatic carbocycles. The average molecular weight is 462 g/mol. The third-order valence-electron chi connectivity index (χ3n) is 11.1. The van der Waals surface area contributed by atoms with Crippen LogP contribution in [0.3, 0.4) is 0 Å². The van der Waals surface area contributed by atoms with Gasteiger partial charge in [-0.15, -0.1) is 0 Å². The number of rotatable bonds is 1. The standard InChI is InChI=1S/C31H43NO2/c1-18(33)34-21-11-13-30(5)20(15-21)7-9-22-25(30)12-14-31(6)26(22)17-24-23-16-19(29(2,3)4)8-10-27(23)32-28(24)31/h8,10,16,20-22,25-26,32H,7,9,11-15,17H2,1-6H3/t20?,21-,22+,25+,26+,30+,31+/m1/s1. The van der Waals surface area contributed by atoms with E-state index in [4.69, 9.17) is 4.74 Å². The van der Waals surface area contributed by atoms with E-state index in [2.05, 4.69) is 57.8 Å². The van der Waals surface area contributed by atoms with Gasteiger partial charge in [0.2, 0.25) is 0 Å². The van der Waals surface area contributed by atoms with Crippen LogP contribution in [0.4, 0.5) is 0 Å². The molecule has 3 fully saturated rings. The van der Waals surface area contributed by atoms with Crippen LogP contribution in [0, 0.1) is 29.1 Å². The minimum Gasteiger partial charge on any atom is -0.463 e. The second-order valence-corrected chi connectivity index (χ2v) is 13.8. The number of carbonyl (C=O) groups excluding carboxylic acids is 1. The quantitative estimate of drug-likeness (QED) is 0.448. The van der Waals surface area contributed by atoms with Gasteiger partial charge in [-0.1, -0.05) is 40.7 Å². The molecule has 0 amide bonds. The number of carbonyl (C=O) groups is 1. The van der Waals surface area contributed by atoms with Crippen LogP contribution in [-0.2, 0) is 26.8 Å². The van der Waals surface area contributed by atoms with E-state index in [-0.39, 0.29) is 22.9 Å². The van der Waals surface area contributed by atoms with E-state index in [1.807, 2.05) is 0 Å². The zero-order valence-corrected chi connectivity index (χ0v) is 22.1. The second kappa shape index (κ2) is 7.37. The van der Waals surface area contributed by atoms with E-state index < -0.39 is 0 Å². The number of hydrogen-bond acceptors (Lipinski definition) is 2. The van der Waals surface area contributed by atoms with Crippen LogP contribution < -0.4 is 0 Å². The fraction of sp³-hybridized carbons (Fsp3) is 0.710. The van der Waals surface area contributed by atoms with E-state index in [0.29, 0.717) is 11.3 Å². The third kappa shape index (κ3) is 3.17. The van der Waals surface area contributed by atoms with Crippen molar-refractivity contribution in [3.8, 4) is 0 Å². The molecule has 6 rings (SSSR count). The smallest absolute Gasteiger partial charge is 0.302 e. The lowest BCUT2D eigenvalue weighted by molar-refractivity contribution is -0.157. The predicted molar refractivity (Wildman–Crippen MR) is 138 cm³/mol. The number of aromatic amines is 1. The number of nitrogens with one attached hydrogen (secondary N) is 1. The van der Waals surface area contributed by atoms with Crippen molar-refractivity contribution in [3.63, 3.8) is 0 Å². The molecular weight excluding hydrogens is 418 g/mol. The highest BCUT2D eigenvalue weighted by Crippen LogP contribution is 2.66. The summed E-state index contributed by atoms with van der Waals surface area (Å²) >= 11 is 0. The molecular formula is C31H43NO2. The van der Waals surface area contributed by atoms with Crippen molar-refractivity contribution in [2.45, 2.75) is 110 Å². The van der Waals surface area contributed by atoms with E-state index >= 15 is 0 Å². The summed E-state index contributed by atoms with van der Waals surface area (Å²) in [7, 11) is 0. The first-order valence-electron chi connectivity index (χ1n) is 13.8. The van der Waals surface area contributed by atoms with Crippen molar-refractivity contribution in [2.75, 3.05) is 0 Å². The summed E-state index contributed by atoms with van der Waals surface area (Å²) in [4.78, 5) is 15.5. The number of benzene rings is 1. The Morgan fingerprint density at radius 2 is 1.85 bits per heavy atom. The molecule has 1 heterocycles. The van der Waals surface area contributed by atoms with E-state index in [1.165, 1.54) is 55.0 Å². The monoisotopic (exact) mass is 461 g/mol. The third-order valence-corrected chi connectivity index (χ3v) is 11.1. The topological polar surface area (TPSA) is 42.1 Å². The number of hydrogen-bond donors (Lipinski definition) is 1. The summed E-state index contributed by atoms with van der Waals surface area (Å²) in [5.41, 5.74) is 6.84. The highest BCUT2D eigenvalue weighted by molar-refractivity contribution is 5.87. The van der Waals surface area contributed by atoms with Gasteiger partial charge >= 0.3 is 5.97 Å². The summed E-state index contributed by atoms with van der Waals surface area (Å²) in [6.07, 6.45) is 10.1. The Balaban J connectivity index is 1.31. The lowest BCUT2D eigenvalue weighted by atomic mass is 9.45. The van der Waals surface area contributed by atoms with Gasteiger partial charge in [0.05, 0.1) is 0 Å². The minimum atomic E-state index is -0.107. The molecule has 1 N–H and O–H groups in total. The van der Waals surface area contributed by atoms with Crippen LogP contribution >= 0.6 is 0 Å². The Labute approximate surface area is 205 Å². The Bertz CT molecular complexity index is 1140. The Hall–Kier alpha value is -1.77. The zero-order chi connectivity index (χ0) is 24.0. The first-order chi connectivity index (χ1) is 16.0. The molecule has 2 aromatic rings. The average Bonchev–Trinajstić information content (AvgIpc) is 3.27. The molecule has 34 heavy (non-hydrogen) atoms. The van der Waals surface area contributed by atoms with Crippen molar-refractivity contribution >= 4 is 16.9 Å². The predicted octanol–water partition coefficient (Wildman–Crippen LogP) is 7.45. The molecule has 1 aromatic heterocycles. The molecule has 1 unspecified atom stereocenters. The van der Waals surface area contributed by atoms with Gasteiger partial charge in [-0.3, -0.25) is 4.79 Å². The van der Waals surface area contributed by atoms with Crippen molar-refractivity contribution in [1.82, 2.24) is 4.98 Å². The molecule has 0 radical (unpaired) electrons. The Morgan fingerprint density at radius 3 is 2.59 bits per heavy atom. The fourth-order valence-corrected chi connectivity index (χ4v) is 9.20. The van der Waals surface area contributed by atoms with E-state index in [9.17, 15) is 4.79 Å². The van der Waals surface area contributed by atoms with E-state index in [0.717, 1.165) is 30.6 Å². The maximum absolute atomic E-state index is 11.6. The SMILES string of the molecule is CC(=O)O[C@@H]1CC[C@@]2(C)C(CC[C@H]3[C@@H]2CC[C@]2(C)c4[nH]c5ccc(C(C)(C)C)cc5c4C[C@@H]32)C1. The van der Waals surface area contributed by atoms with Gasteiger partial charge in [0, 0.05) is 28.9 Å². The van der Waals surface area contributed by atoms with Crippen molar-refractivity contribution in [1.29, 1.82) is 0 Å². The lowest BCUT2D eigenvalue weighted by Gasteiger charge is -2.60. The molecule has 4 aliphatic rings. The Morgan fingerprint density at radius 1 is 1.06 bits per heavy atom. The first kappa shape index (κ1) is 22.7. The maximum Gasteiger partial charge on any atom is 0.302 e. The molecule has 1 aromatic carbocycles. The molecule has 3 saturated carbocycles. The van der Waals surface area contributed by atoms with Gasteiger partial charge < -0.3 is 9.72 Å². The first-order valence-corrected chi connectivity index (χ1v) is 13.8. The van der Waals surface area contributed by atoms with Crippen LogP contribution in [0.5, 0.6) is 0 Å². The Kier molecular flexibility index (Phi) is 4.92. The number of H-pyrrole nitrogens is 1. The fourth-order valence-electron chi connectivity index (χ4n) is 9.20. The van der Waals surface area contributed by atoms with Crippen LogP contribution in [0.1, 0.15) is 103 Å². The lowest BCUT2D eigenvalue weighted by Crippen LogP contribution is -2.54. The molecule has 7 atom stereocenters. The van der Waals surface area contributed by atoms with Crippen molar-refractivity contribution in [3.05, 3.63) is 35.0 Å². The summed E-state index contributed by atoms with van der Waals surface area (Å²) in [5.74, 6) is 3.02. The van der Waals surface area contributed by atoms with Crippen LogP contribution in [0.25, 0.3) is 10.9 Å². The molecule has 0 saturated heterocycles. The van der Waals surface area contributed by atoms with Crippen LogP contribution in [0.15, 0.2) is 18.2 Å². The van der Waals surface area contributed by atoms with Gasteiger partial charge in [0.1, 0.15) is 6.10 Å². The van der Waals surface area contributed by atoms with E-state index in [1.54, 1.807) is 18.2 Å². The van der Waals surface area contributed by atoms with Crippen molar-refractivity contribution < 1.29 is 9.53 Å². The van der Waals surface area contributed by atoms with Gasteiger partial charge in [-0.05, 0) is 109 Å². The molecule has 184 valence electrons. The zero-order valence-electron chi connectivity index (χ0n) is 22.1.